The first-order valence-electron chi connectivity index (χ1n) is 10.0. The van der Waals surface area contributed by atoms with Crippen LogP contribution in [0.25, 0.3) is 11.3 Å². The first-order chi connectivity index (χ1) is 14.2. The number of anilines is 3. The van der Waals surface area contributed by atoms with Crippen LogP contribution in [0.2, 0.25) is 0 Å². The molecular weight excluding hydrogens is 362 g/mol. The van der Waals surface area contributed by atoms with Gasteiger partial charge in [0.1, 0.15) is 0 Å². The van der Waals surface area contributed by atoms with Crippen LogP contribution in [-0.4, -0.2) is 35.1 Å². The fraction of sp³-hybridized carbons (Fsp3) is 0.261. The molecule has 2 amide bonds. The molecule has 146 valence electrons. The third-order valence-electron chi connectivity index (χ3n) is 5.65. The van der Waals surface area contributed by atoms with Crippen molar-refractivity contribution >= 4 is 23.2 Å². The molecule has 0 saturated carbocycles. The predicted molar refractivity (Wildman–Crippen MR) is 115 cm³/mol. The van der Waals surface area contributed by atoms with Crippen LogP contribution in [0.1, 0.15) is 18.4 Å². The average Bonchev–Trinajstić information content (AvgIpc) is 2.74. The minimum absolute atomic E-state index is 0.123. The van der Waals surface area contributed by atoms with Crippen LogP contribution in [0, 0.1) is 6.92 Å². The fourth-order valence-electron chi connectivity index (χ4n) is 4.27. The molecule has 5 rings (SSSR count). The lowest BCUT2D eigenvalue weighted by Crippen LogP contribution is -2.56. The maximum absolute atomic E-state index is 13.3. The molecule has 0 radical (unpaired) electrons. The first-order valence-corrected chi connectivity index (χ1v) is 10.0. The normalized spacial score (nSPS) is 17.6. The lowest BCUT2D eigenvalue weighted by molar-refractivity contribution is 0.252. The van der Waals surface area contributed by atoms with Crippen molar-refractivity contribution in [3.63, 3.8) is 0 Å². The topological polar surface area (TPSA) is 61.4 Å². The van der Waals surface area contributed by atoms with E-state index in [9.17, 15) is 4.79 Å². The number of hydrogen-bond acceptors (Lipinski definition) is 4. The Kier molecular flexibility index (Phi) is 4.39. The molecule has 3 aromatic rings. The van der Waals surface area contributed by atoms with Crippen molar-refractivity contribution < 1.29 is 4.79 Å². The summed E-state index contributed by atoms with van der Waals surface area (Å²) in [6.45, 7) is 3.93. The molecule has 2 aliphatic heterocycles. The Hall–Kier alpha value is -3.41. The van der Waals surface area contributed by atoms with Crippen molar-refractivity contribution in [1.82, 2.24) is 9.97 Å². The fourth-order valence-corrected chi connectivity index (χ4v) is 4.27. The molecule has 1 saturated heterocycles. The highest BCUT2D eigenvalue weighted by Gasteiger charge is 2.38. The van der Waals surface area contributed by atoms with Crippen LogP contribution >= 0.6 is 0 Å². The second kappa shape index (κ2) is 7.20. The number of piperidine rings is 1. The summed E-state index contributed by atoms with van der Waals surface area (Å²) in [6, 6.07) is 16.0. The van der Waals surface area contributed by atoms with Gasteiger partial charge in [0.15, 0.2) is 5.82 Å². The van der Waals surface area contributed by atoms with E-state index in [2.05, 4.69) is 52.5 Å². The maximum Gasteiger partial charge on any atom is 0.327 e. The molecule has 1 fully saturated rings. The molecular formula is C23H23N5O. The molecule has 2 bridgehead atoms. The molecule has 1 aromatic carbocycles. The summed E-state index contributed by atoms with van der Waals surface area (Å²) in [5.41, 5.74) is 4.90. The molecule has 0 spiro atoms. The van der Waals surface area contributed by atoms with Gasteiger partial charge in [0.2, 0.25) is 0 Å². The number of carbonyl (C=O) groups excluding carboxylic acids is 1. The van der Waals surface area contributed by atoms with Crippen LogP contribution in [-0.2, 0) is 0 Å². The lowest BCUT2D eigenvalue weighted by Gasteiger charge is -2.45. The zero-order chi connectivity index (χ0) is 19.8. The van der Waals surface area contributed by atoms with Gasteiger partial charge >= 0.3 is 6.03 Å². The highest BCUT2D eigenvalue weighted by Crippen LogP contribution is 2.39. The molecule has 6 heteroatoms. The number of carbonyl (C=O) groups is 1. The number of nitrogens with one attached hydrogen (secondary N) is 1. The van der Waals surface area contributed by atoms with E-state index < -0.39 is 0 Å². The van der Waals surface area contributed by atoms with E-state index in [1.165, 1.54) is 5.56 Å². The number of rotatable bonds is 2. The van der Waals surface area contributed by atoms with Crippen LogP contribution in [0.15, 0.2) is 60.9 Å². The summed E-state index contributed by atoms with van der Waals surface area (Å²) in [7, 11) is 0. The van der Waals surface area contributed by atoms with E-state index in [1.807, 2.05) is 11.0 Å². The Morgan fingerprint density at radius 1 is 1.14 bits per heavy atom. The summed E-state index contributed by atoms with van der Waals surface area (Å²) in [6.07, 6.45) is 5.41. The highest BCUT2D eigenvalue weighted by atomic mass is 16.2. The lowest BCUT2D eigenvalue weighted by atomic mass is 9.99. The number of nitrogens with zero attached hydrogens (tertiary/aromatic N) is 4. The number of hydrogen-bond donors (Lipinski definition) is 1. The summed E-state index contributed by atoms with van der Waals surface area (Å²) >= 11 is 0. The van der Waals surface area contributed by atoms with Gasteiger partial charge in [0, 0.05) is 36.7 Å². The Bertz CT molecular complexity index is 1050. The van der Waals surface area contributed by atoms with Crippen molar-refractivity contribution in [2.75, 3.05) is 28.2 Å². The van der Waals surface area contributed by atoms with Gasteiger partial charge in [-0.25, -0.2) is 9.78 Å². The van der Waals surface area contributed by atoms with Gasteiger partial charge in [-0.1, -0.05) is 23.8 Å². The van der Waals surface area contributed by atoms with E-state index in [0.29, 0.717) is 0 Å². The van der Waals surface area contributed by atoms with Gasteiger partial charge in [-0.05, 0) is 50.1 Å². The van der Waals surface area contributed by atoms with Crippen LogP contribution in [0.3, 0.4) is 0 Å². The Morgan fingerprint density at radius 3 is 2.83 bits per heavy atom. The predicted octanol–water partition coefficient (Wildman–Crippen LogP) is 4.47. The number of urea groups is 1. The van der Waals surface area contributed by atoms with Gasteiger partial charge in [0.25, 0.3) is 0 Å². The minimum Gasteiger partial charge on any atom is -0.366 e. The maximum atomic E-state index is 13.3. The summed E-state index contributed by atoms with van der Waals surface area (Å²) < 4.78 is 0. The molecule has 6 nitrogen and oxygen atoms in total. The molecule has 0 aliphatic carbocycles. The van der Waals surface area contributed by atoms with Gasteiger partial charge in [-0.2, -0.15) is 0 Å². The Labute approximate surface area is 170 Å². The monoisotopic (exact) mass is 385 g/mol. The van der Waals surface area contributed by atoms with Crippen LogP contribution < -0.4 is 15.1 Å². The molecule has 0 unspecified atom stereocenters. The van der Waals surface area contributed by atoms with E-state index in [0.717, 1.165) is 54.4 Å². The van der Waals surface area contributed by atoms with Crippen molar-refractivity contribution in [3.8, 4) is 11.3 Å². The van der Waals surface area contributed by atoms with Gasteiger partial charge in [-0.3, -0.25) is 9.88 Å². The zero-order valence-corrected chi connectivity index (χ0v) is 16.4. The SMILES string of the molecule is Cc1cccc(-c2ccc3c(n2)N(C(=O)Nc2ccncc2)[C@@H]2CCCN3C2)c1. The number of aromatic nitrogens is 2. The minimum atomic E-state index is -0.141. The second-order valence-electron chi connectivity index (χ2n) is 7.69. The number of aryl methyl sites for hydroxylation is 1. The van der Waals surface area contributed by atoms with Crippen molar-refractivity contribution in [2.45, 2.75) is 25.8 Å². The van der Waals surface area contributed by atoms with Crippen LogP contribution in [0.4, 0.5) is 22.0 Å². The Morgan fingerprint density at radius 2 is 2.00 bits per heavy atom. The smallest absolute Gasteiger partial charge is 0.327 e. The summed E-state index contributed by atoms with van der Waals surface area (Å²) in [4.78, 5) is 26.5. The molecule has 2 aromatic heterocycles. The number of amides is 2. The molecule has 4 heterocycles. The summed E-state index contributed by atoms with van der Waals surface area (Å²) in [5, 5.41) is 3.01. The van der Waals surface area contributed by atoms with Gasteiger partial charge < -0.3 is 10.2 Å². The van der Waals surface area contributed by atoms with Gasteiger partial charge in [0.05, 0.1) is 17.4 Å². The van der Waals surface area contributed by atoms with E-state index in [4.69, 9.17) is 4.98 Å². The van der Waals surface area contributed by atoms with Crippen molar-refractivity contribution in [1.29, 1.82) is 0 Å². The van der Waals surface area contributed by atoms with Crippen molar-refractivity contribution in [3.05, 3.63) is 66.5 Å². The first kappa shape index (κ1) is 17.7. The number of fused-ring (bicyclic) bond motifs is 4. The molecule has 29 heavy (non-hydrogen) atoms. The van der Waals surface area contributed by atoms with Crippen molar-refractivity contribution in [2.24, 2.45) is 0 Å². The zero-order valence-electron chi connectivity index (χ0n) is 16.4. The Balaban J connectivity index is 1.56. The third kappa shape index (κ3) is 3.31. The third-order valence-corrected chi connectivity index (χ3v) is 5.65. The summed E-state index contributed by atoms with van der Waals surface area (Å²) in [5.74, 6) is 0.742. The largest absolute Gasteiger partial charge is 0.366 e. The molecule has 1 atom stereocenters. The number of benzene rings is 1. The van der Waals surface area contributed by atoms with E-state index in [1.54, 1.807) is 24.5 Å². The highest BCUT2D eigenvalue weighted by molar-refractivity contribution is 6.04. The van der Waals surface area contributed by atoms with E-state index in [-0.39, 0.29) is 12.1 Å². The van der Waals surface area contributed by atoms with E-state index >= 15 is 0 Å². The molecule has 2 aliphatic rings. The van der Waals surface area contributed by atoms with Crippen LogP contribution in [0.5, 0.6) is 0 Å². The quantitative estimate of drug-likeness (QED) is 0.707. The standard InChI is InChI=1S/C23H23N5O/c1-16-4-2-5-17(14-16)20-7-8-21-22(26-20)28(19-6-3-13-27(21)15-19)23(29)25-18-9-11-24-12-10-18/h2,4-5,7-12,14,19H,3,6,13,15H2,1H3,(H,24,25,29)/t19-/m1/s1. The van der Waals surface area contributed by atoms with Gasteiger partial charge in [-0.15, -0.1) is 0 Å². The second-order valence-corrected chi connectivity index (χ2v) is 7.69. The molecule has 1 N–H and O–H groups in total. The average molecular weight is 385 g/mol. The number of pyridine rings is 2.